The molecule has 2 aromatic rings. The fourth-order valence-corrected chi connectivity index (χ4v) is 4.88. The van der Waals surface area contributed by atoms with E-state index in [-0.39, 0.29) is 23.3 Å². The lowest BCUT2D eigenvalue weighted by molar-refractivity contribution is -0.118. The van der Waals surface area contributed by atoms with Crippen LogP contribution in [0.4, 0.5) is 5.69 Å². The van der Waals surface area contributed by atoms with Gasteiger partial charge in [-0.2, -0.15) is 4.31 Å². The van der Waals surface area contributed by atoms with E-state index in [2.05, 4.69) is 5.32 Å². The molecule has 0 radical (unpaired) electrons. The Labute approximate surface area is 188 Å². The number of hydrogen-bond acceptors (Lipinski definition) is 5. The Balaban J connectivity index is 1.68. The molecule has 3 rings (SSSR count). The first-order chi connectivity index (χ1) is 14.7. The molecule has 9 heteroatoms. The van der Waals surface area contributed by atoms with E-state index in [1.54, 1.807) is 12.1 Å². The number of amides is 1. The number of rotatable bonds is 7. The number of sulfonamides is 1. The number of ether oxygens (including phenoxy) is 2. The Morgan fingerprint density at radius 1 is 1.23 bits per heavy atom. The molecule has 2 aromatic carbocycles. The Hall–Kier alpha value is -2.13. The van der Waals surface area contributed by atoms with Crippen LogP contribution in [0.15, 0.2) is 41.3 Å². The quantitative estimate of drug-likeness (QED) is 0.670. The van der Waals surface area contributed by atoms with E-state index in [4.69, 9.17) is 21.1 Å². The van der Waals surface area contributed by atoms with Crippen LogP contribution >= 0.6 is 11.6 Å². The zero-order valence-corrected chi connectivity index (χ0v) is 19.4. The van der Waals surface area contributed by atoms with E-state index in [1.165, 1.54) is 16.4 Å². The maximum absolute atomic E-state index is 12.8. The SMILES string of the molecule is Cc1cc(OCC(=O)Nc2cccc(S(=O)(=O)N3CCOCC3)c2)c(C(C)C)cc1Cl. The molecule has 0 aromatic heterocycles. The number of carbonyl (C=O) groups excluding carboxylic acids is 1. The zero-order chi connectivity index (χ0) is 22.6. The minimum Gasteiger partial charge on any atom is -0.483 e. The highest BCUT2D eigenvalue weighted by Gasteiger charge is 2.26. The average Bonchev–Trinajstić information content (AvgIpc) is 2.75. The van der Waals surface area contributed by atoms with Crippen molar-refractivity contribution in [2.45, 2.75) is 31.6 Å². The van der Waals surface area contributed by atoms with E-state index in [0.717, 1.165) is 11.1 Å². The summed E-state index contributed by atoms with van der Waals surface area (Å²) in [5.41, 5.74) is 2.17. The van der Waals surface area contributed by atoms with Gasteiger partial charge in [-0.15, -0.1) is 0 Å². The lowest BCUT2D eigenvalue weighted by Gasteiger charge is -2.26. The molecule has 1 N–H and O–H groups in total. The van der Waals surface area contributed by atoms with E-state index in [0.29, 0.717) is 42.8 Å². The second kappa shape index (κ2) is 9.99. The van der Waals surface area contributed by atoms with Crippen LogP contribution in [0, 0.1) is 6.92 Å². The van der Waals surface area contributed by atoms with E-state index in [9.17, 15) is 13.2 Å². The fourth-order valence-electron chi connectivity index (χ4n) is 3.26. The molecule has 31 heavy (non-hydrogen) atoms. The predicted molar refractivity (Wildman–Crippen MR) is 120 cm³/mol. The predicted octanol–water partition coefficient (Wildman–Crippen LogP) is 3.81. The normalized spacial score (nSPS) is 15.1. The highest BCUT2D eigenvalue weighted by Crippen LogP contribution is 2.32. The first kappa shape index (κ1) is 23.5. The van der Waals surface area contributed by atoms with Crippen molar-refractivity contribution in [3.63, 3.8) is 0 Å². The van der Waals surface area contributed by atoms with E-state index >= 15 is 0 Å². The lowest BCUT2D eigenvalue weighted by Crippen LogP contribution is -2.40. The summed E-state index contributed by atoms with van der Waals surface area (Å²) in [7, 11) is -3.64. The molecule has 1 aliphatic heterocycles. The van der Waals surface area contributed by atoms with Crippen molar-refractivity contribution in [3.05, 3.63) is 52.5 Å². The van der Waals surface area contributed by atoms with Crippen molar-refractivity contribution in [1.82, 2.24) is 4.31 Å². The van der Waals surface area contributed by atoms with Gasteiger partial charge in [0.05, 0.1) is 18.1 Å². The second-order valence-corrected chi connectivity index (χ2v) is 10.0. The lowest BCUT2D eigenvalue weighted by atomic mass is 10.0. The smallest absolute Gasteiger partial charge is 0.262 e. The van der Waals surface area contributed by atoms with Gasteiger partial charge < -0.3 is 14.8 Å². The van der Waals surface area contributed by atoms with Gasteiger partial charge in [0.25, 0.3) is 5.91 Å². The molecular formula is C22H27ClN2O5S. The highest BCUT2D eigenvalue weighted by molar-refractivity contribution is 7.89. The van der Waals surface area contributed by atoms with Crippen LogP contribution in [0.1, 0.15) is 30.9 Å². The summed E-state index contributed by atoms with van der Waals surface area (Å²) < 4.78 is 38.0. The molecule has 0 spiro atoms. The molecule has 1 amide bonds. The standard InChI is InChI=1S/C22H27ClN2O5S/c1-15(2)19-13-20(23)16(3)11-21(19)30-14-22(26)24-17-5-4-6-18(12-17)31(27,28)25-7-9-29-10-8-25/h4-6,11-13,15H,7-10,14H2,1-3H3,(H,24,26). The van der Waals surface area contributed by atoms with Gasteiger partial charge in [0.15, 0.2) is 6.61 Å². The van der Waals surface area contributed by atoms with Crippen molar-refractivity contribution < 1.29 is 22.7 Å². The first-order valence-electron chi connectivity index (χ1n) is 10.1. The van der Waals surface area contributed by atoms with Crippen molar-refractivity contribution in [2.75, 3.05) is 38.2 Å². The highest BCUT2D eigenvalue weighted by atomic mass is 35.5. The third-order valence-electron chi connectivity index (χ3n) is 5.00. The van der Waals surface area contributed by atoms with Crippen LogP contribution in [0.2, 0.25) is 5.02 Å². The number of hydrogen-bond donors (Lipinski definition) is 1. The fraction of sp³-hybridized carbons (Fsp3) is 0.409. The molecular weight excluding hydrogens is 440 g/mol. The van der Waals surface area contributed by atoms with Gasteiger partial charge in [0.1, 0.15) is 5.75 Å². The Kier molecular flexibility index (Phi) is 7.59. The summed E-state index contributed by atoms with van der Waals surface area (Å²) in [6.07, 6.45) is 0. The van der Waals surface area contributed by atoms with Crippen LogP contribution in [-0.4, -0.2) is 51.5 Å². The van der Waals surface area contributed by atoms with E-state index < -0.39 is 10.0 Å². The number of benzene rings is 2. The average molecular weight is 467 g/mol. The van der Waals surface area contributed by atoms with Gasteiger partial charge >= 0.3 is 0 Å². The summed E-state index contributed by atoms with van der Waals surface area (Å²) in [5, 5.41) is 3.36. The molecule has 0 saturated carbocycles. The van der Waals surface area contributed by atoms with Crippen molar-refractivity contribution in [3.8, 4) is 5.75 Å². The molecule has 1 saturated heterocycles. The maximum Gasteiger partial charge on any atom is 0.262 e. The number of anilines is 1. The number of nitrogens with zero attached hydrogens (tertiary/aromatic N) is 1. The maximum atomic E-state index is 12.8. The van der Waals surface area contributed by atoms with Crippen molar-refractivity contribution in [2.24, 2.45) is 0 Å². The summed E-state index contributed by atoms with van der Waals surface area (Å²) >= 11 is 6.21. The molecule has 0 unspecified atom stereocenters. The number of nitrogens with one attached hydrogen (secondary N) is 1. The third kappa shape index (κ3) is 5.77. The minimum atomic E-state index is -3.64. The molecule has 168 valence electrons. The van der Waals surface area contributed by atoms with Crippen LogP contribution in [-0.2, 0) is 19.6 Å². The summed E-state index contributed by atoms with van der Waals surface area (Å²) in [6, 6.07) is 9.89. The van der Waals surface area contributed by atoms with Crippen molar-refractivity contribution >= 4 is 33.2 Å². The molecule has 1 heterocycles. The summed E-state index contributed by atoms with van der Waals surface area (Å²) in [5.74, 6) is 0.400. The Morgan fingerprint density at radius 2 is 1.94 bits per heavy atom. The number of morpholine rings is 1. The van der Waals surface area contributed by atoms with Crippen LogP contribution < -0.4 is 10.1 Å². The minimum absolute atomic E-state index is 0.128. The third-order valence-corrected chi connectivity index (χ3v) is 7.30. The van der Waals surface area contributed by atoms with Crippen LogP contribution in [0.5, 0.6) is 5.75 Å². The second-order valence-electron chi connectivity index (χ2n) is 7.68. The molecule has 1 fully saturated rings. The Morgan fingerprint density at radius 3 is 2.61 bits per heavy atom. The number of halogens is 1. The molecule has 0 atom stereocenters. The zero-order valence-electron chi connectivity index (χ0n) is 17.9. The number of aryl methyl sites for hydroxylation is 1. The molecule has 0 bridgehead atoms. The van der Waals surface area contributed by atoms with Gasteiger partial charge in [-0.05, 0) is 54.3 Å². The van der Waals surface area contributed by atoms with Crippen LogP contribution in [0.25, 0.3) is 0 Å². The topological polar surface area (TPSA) is 84.9 Å². The van der Waals surface area contributed by atoms with Crippen molar-refractivity contribution in [1.29, 1.82) is 0 Å². The van der Waals surface area contributed by atoms with E-state index in [1.807, 2.05) is 32.9 Å². The Bertz CT molecular complexity index is 1050. The summed E-state index contributed by atoms with van der Waals surface area (Å²) in [6.45, 7) is 7.08. The summed E-state index contributed by atoms with van der Waals surface area (Å²) in [4.78, 5) is 12.6. The van der Waals surface area contributed by atoms with Gasteiger partial charge in [-0.3, -0.25) is 4.79 Å². The molecule has 1 aliphatic rings. The number of carbonyl (C=O) groups is 1. The largest absolute Gasteiger partial charge is 0.483 e. The molecule has 7 nitrogen and oxygen atoms in total. The van der Waals surface area contributed by atoms with Gasteiger partial charge in [-0.25, -0.2) is 8.42 Å². The molecule has 0 aliphatic carbocycles. The first-order valence-corrected chi connectivity index (χ1v) is 11.9. The van der Waals surface area contributed by atoms with Crippen LogP contribution in [0.3, 0.4) is 0 Å². The van der Waals surface area contributed by atoms with Gasteiger partial charge in [0.2, 0.25) is 10.0 Å². The monoisotopic (exact) mass is 466 g/mol. The van der Waals surface area contributed by atoms with Gasteiger partial charge in [-0.1, -0.05) is 31.5 Å². The van der Waals surface area contributed by atoms with Gasteiger partial charge in [0, 0.05) is 23.8 Å².